The summed E-state index contributed by atoms with van der Waals surface area (Å²) in [6.07, 6.45) is 1.51. The molecular weight excluding hydrogens is 392 g/mol. The number of nitrogens with zero attached hydrogens (tertiary/aromatic N) is 2. The lowest BCUT2D eigenvalue weighted by Gasteiger charge is -2.26. The monoisotopic (exact) mass is 412 g/mol. The maximum absolute atomic E-state index is 12.5. The summed E-state index contributed by atoms with van der Waals surface area (Å²) in [6, 6.07) is 13.7. The maximum atomic E-state index is 12.5. The molecule has 0 unspecified atom stereocenters. The molecule has 0 fully saturated rings. The highest BCUT2D eigenvalue weighted by atomic mass is 32.1. The van der Waals surface area contributed by atoms with E-state index in [0.717, 1.165) is 17.0 Å². The number of amides is 3. The van der Waals surface area contributed by atoms with Crippen molar-refractivity contribution in [1.29, 1.82) is 0 Å². The number of benzene rings is 1. The number of aromatic nitrogens is 1. The number of nitrogens with one attached hydrogen (secondary N) is 2. The Balaban J connectivity index is 1.31. The Morgan fingerprint density at radius 3 is 2.79 bits per heavy atom. The van der Waals surface area contributed by atoms with Gasteiger partial charge in [0.25, 0.3) is 5.91 Å². The second-order valence-electron chi connectivity index (χ2n) is 6.46. The SMILES string of the molecule is O=C(Nc1nc2c(s1)CN(C(=O)NCCc1ccccc1)CC2)c1cccs1. The highest BCUT2D eigenvalue weighted by molar-refractivity contribution is 7.16. The van der Waals surface area contributed by atoms with Crippen LogP contribution in [0.15, 0.2) is 47.8 Å². The van der Waals surface area contributed by atoms with Crippen molar-refractivity contribution in [2.45, 2.75) is 19.4 Å². The van der Waals surface area contributed by atoms with Crippen LogP contribution in [0.5, 0.6) is 0 Å². The Kier molecular flexibility index (Phi) is 5.68. The van der Waals surface area contributed by atoms with Crippen molar-refractivity contribution in [1.82, 2.24) is 15.2 Å². The van der Waals surface area contributed by atoms with Crippen LogP contribution in [0, 0.1) is 0 Å². The van der Waals surface area contributed by atoms with Crippen LogP contribution in [0.3, 0.4) is 0 Å². The quantitative estimate of drug-likeness (QED) is 0.670. The zero-order valence-corrected chi connectivity index (χ0v) is 16.8. The molecule has 28 heavy (non-hydrogen) atoms. The number of thiophene rings is 1. The molecule has 0 atom stereocenters. The van der Waals surface area contributed by atoms with Crippen molar-refractivity contribution >= 4 is 39.7 Å². The van der Waals surface area contributed by atoms with E-state index in [4.69, 9.17) is 0 Å². The predicted octanol–water partition coefficient (Wildman–Crippen LogP) is 3.77. The molecule has 1 aliphatic rings. The highest BCUT2D eigenvalue weighted by Crippen LogP contribution is 2.28. The molecule has 6 nitrogen and oxygen atoms in total. The van der Waals surface area contributed by atoms with E-state index in [-0.39, 0.29) is 11.9 Å². The van der Waals surface area contributed by atoms with Crippen molar-refractivity contribution in [3.05, 3.63) is 68.9 Å². The van der Waals surface area contributed by atoms with Gasteiger partial charge in [-0.15, -0.1) is 11.3 Å². The maximum Gasteiger partial charge on any atom is 0.317 e. The lowest BCUT2D eigenvalue weighted by atomic mass is 10.1. The molecule has 144 valence electrons. The molecule has 2 aromatic heterocycles. The van der Waals surface area contributed by atoms with E-state index in [1.54, 1.807) is 11.0 Å². The minimum absolute atomic E-state index is 0.0563. The summed E-state index contributed by atoms with van der Waals surface area (Å²) >= 11 is 2.84. The fourth-order valence-corrected chi connectivity index (χ4v) is 4.70. The van der Waals surface area contributed by atoms with Gasteiger partial charge in [0.2, 0.25) is 0 Å². The first kappa shape index (κ1) is 18.6. The van der Waals surface area contributed by atoms with Gasteiger partial charge in [-0.3, -0.25) is 10.1 Å². The first-order valence-electron chi connectivity index (χ1n) is 9.09. The van der Waals surface area contributed by atoms with Gasteiger partial charge < -0.3 is 10.2 Å². The summed E-state index contributed by atoms with van der Waals surface area (Å²) in [6.45, 7) is 1.77. The minimum atomic E-state index is -0.142. The Morgan fingerprint density at radius 2 is 2.00 bits per heavy atom. The highest BCUT2D eigenvalue weighted by Gasteiger charge is 2.24. The van der Waals surface area contributed by atoms with Crippen LogP contribution in [0.1, 0.15) is 25.8 Å². The molecule has 3 amide bonds. The van der Waals surface area contributed by atoms with E-state index >= 15 is 0 Å². The van der Waals surface area contributed by atoms with Crippen molar-refractivity contribution < 1.29 is 9.59 Å². The van der Waals surface area contributed by atoms with E-state index in [0.29, 0.717) is 36.1 Å². The molecule has 0 bridgehead atoms. The van der Waals surface area contributed by atoms with Gasteiger partial charge in [-0.05, 0) is 23.4 Å². The topological polar surface area (TPSA) is 74.3 Å². The zero-order valence-electron chi connectivity index (χ0n) is 15.2. The van der Waals surface area contributed by atoms with Crippen LogP contribution >= 0.6 is 22.7 Å². The summed E-state index contributed by atoms with van der Waals surface area (Å²) in [7, 11) is 0. The van der Waals surface area contributed by atoms with Crippen molar-refractivity contribution in [2.75, 3.05) is 18.4 Å². The number of thiazole rings is 1. The molecule has 1 aromatic carbocycles. The summed E-state index contributed by atoms with van der Waals surface area (Å²) in [5.74, 6) is -0.142. The van der Waals surface area contributed by atoms with Crippen LogP contribution in [0.25, 0.3) is 0 Å². The Bertz CT molecular complexity index is 954. The molecule has 2 N–H and O–H groups in total. The van der Waals surface area contributed by atoms with Crippen LogP contribution in [0.2, 0.25) is 0 Å². The normalized spacial score (nSPS) is 13.1. The molecular formula is C20H20N4O2S2. The van der Waals surface area contributed by atoms with Gasteiger partial charge >= 0.3 is 6.03 Å². The largest absolute Gasteiger partial charge is 0.338 e. The molecule has 0 saturated heterocycles. The van der Waals surface area contributed by atoms with E-state index in [1.807, 2.05) is 29.6 Å². The van der Waals surface area contributed by atoms with E-state index in [2.05, 4.69) is 27.8 Å². The number of fused-ring (bicyclic) bond motifs is 1. The molecule has 1 aliphatic heterocycles. The van der Waals surface area contributed by atoms with Crippen LogP contribution in [0.4, 0.5) is 9.93 Å². The van der Waals surface area contributed by atoms with Gasteiger partial charge in [-0.25, -0.2) is 9.78 Å². The molecule has 8 heteroatoms. The van der Waals surface area contributed by atoms with Gasteiger partial charge in [-0.1, -0.05) is 47.7 Å². The average molecular weight is 413 g/mol. The third-order valence-corrected chi connectivity index (χ3v) is 6.38. The van der Waals surface area contributed by atoms with Crippen LogP contribution in [-0.2, 0) is 19.4 Å². The molecule has 4 rings (SSSR count). The van der Waals surface area contributed by atoms with Gasteiger partial charge in [-0.2, -0.15) is 0 Å². The summed E-state index contributed by atoms with van der Waals surface area (Å²) < 4.78 is 0. The number of carbonyl (C=O) groups excluding carboxylic acids is 2. The first-order valence-corrected chi connectivity index (χ1v) is 10.8. The first-order chi connectivity index (χ1) is 13.7. The molecule has 0 aliphatic carbocycles. The summed E-state index contributed by atoms with van der Waals surface area (Å²) in [5, 5.41) is 8.31. The lowest BCUT2D eigenvalue weighted by molar-refractivity contribution is 0.103. The molecule has 3 heterocycles. The Morgan fingerprint density at radius 1 is 1.14 bits per heavy atom. The fourth-order valence-electron chi connectivity index (χ4n) is 3.06. The van der Waals surface area contributed by atoms with E-state index in [9.17, 15) is 9.59 Å². The van der Waals surface area contributed by atoms with Crippen LogP contribution < -0.4 is 10.6 Å². The predicted molar refractivity (Wildman–Crippen MR) is 112 cm³/mol. The third-order valence-electron chi connectivity index (χ3n) is 4.52. The number of hydrogen-bond donors (Lipinski definition) is 2. The molecule has 0 radical (unpaired) electrons. The van der Waals surface area contributed by atoms with E-state index < -0.39 is 0 Å². The van der Waals surface area contributed by atoms with Crippen molar-refractivity contribution in [3.8, 4) is 0 Å². The molecule has 3 aromatic rings. The van der Waals surface area contributed by atoms with Gasteiger partial charge in [0, 0.05) is 24.4 Å². The number of urea groups is 1. The minimum Gasteiger partial charge on any atom is -0.338 e. The summed E-state index contributed by atoms with van der Waals surface area (Å²) in [4.78, 5) is 32.7. The Labute approximate surface area is 171 Å². The van der Waals surface area contributed by atoms with Gasteiger partial charge in [0.15, 0.2) is 5.13 Å². The van der Waals surface area contributed by atoms with Gasteiger partial charge in [0.1, 0.15) is 0 Å². The smallest absolute Gasteiger partial charge is 0.317 e. The number of anilines is 1. The Hall–Kier alpha value is -2.71. The third kappa shape index (κ3) is 4.40. The number of rotatable bonds is 5. The molecule has 0 saturated carbocycles. The lowest BCUT2D eigenvalue weighted by Crippen LogP contribution is -2.43. The standard InChI is InChI=1S/C20H20N4O2S2/c25-18(16-7-4-12-27-16)23-19-22-15-9-11-24(13-17(15)28-19)20(26)21-10-8-14-5-2-1-3-6-14/h1-7,12H,8-11,13H2,(H,21,26)(H,22,23,25). The van der Waals surface area contributed by atoms with Crippen LogP contribution in [-0.4, -0.2) is 34.9 Å². The number of carbonyl (C=O) groups is 2. The fraction of sp³-hybridized carbons (Fsp3) is 0.250. The van der Waals surface area contributed by atoms with Crippen molar-refractivity contribution in [2.24, 2.45) is 0 Å². The average Bonchev–Trinajstić information content (AvgIpc) is 3.37. The molecule has 0 spiro atoms. The van der Waals surface area contributed by atoms with E-state index in [1.165, 1.54) is 28.2 Å². The van der Waals surface area contributed by atoms with Gasteiger partial charge in [0.05, 0.1) is 17.1 Å². The van der Waals surface area contributed by atoms with Crippen molar-refractivity contribution in [3.63, 3.8) is 0 Å². The summed E-state index contributed by atoms with van der Waals surface area (Å²) in [5.41, 5.74) is 2.18. The number of hydrogen-bond acceptors (Lipinski definition) is 5. The second-order valence-corrected chi connectivity index (χ2v) is 8.49. The zero-order chi connectivity index (χ0) is 19.3. The second kappa shape index (κ2) is 8.53.